The van der Waals surface area contributed by atoms with Crippen LogP contribution in [-0.2, 0) is 11.8 Å². The Labute approximate surface area is 84.5 Å². The fourth-order valence-electron chi connectivity index (χ4n) is 0.802. The molecule has 1 amide bonds. The van der Waals surface area contributed by atoms with Crippen molar-refractivity contribution in [3.63, 3.8) is 0 Å². The second kappa shape index (κ2) is 4.10. The average molecular weight is 218 g/mol. The van der Waals surface area contributed by atoms with Crippen LogP contribution >= 0.6 is 11.6 Å². The maximum absolute atomic E-state index is 11.2. The number of aromatic nitrogens is 2. The lowest BCUT2D eigenvalue weighted by Crippen LogP contribution is -2.29. The molecule has 7 heteroatoms. The average Bonchev–Trinajstić information content (AvgIpc) is 2.43. The van der Waals surface area contributed by atoms with Crippen molar-refractivity contribution in [2.24, 2.45) is 7.05 Å². The summed E-state index contributed by atoms with van der Waals surface area (Å²) in [7, 11) is 1.58. The minimum absolute atomic E-state index is 0.0961. The Bertz CT molecular complexity index is 355. The van der Waals surface area contributed by atoms with E-state index in [0.29, 0.717) is 5.15 Å². The summed E-state index contributed by atoms with van der Waals surface area (Å²) in [6.07, 6.45) is 0. The molecule has 2 N–H and O–H groups in total. The third kappa shape index (κ3) is 2.46. The Morgan fingerprint density at radius 3 is 2.79 bits per heavy atom. The zero-order chi connectivity index (χ0) is 10.7. The van der Waals surface area contributed by atoms with E-state index in [1.165, 1.54) is 10.7 Å². The Morgan fingerprint density at radius 1 is 1.71 bits per heavy atom. The van der Waals surface area contributed by atoms with Gasteiger partial charge in [-0.3, -0.25) is 14.3 Å². The number of nitrogens with zero attached hydrogens (tertiary/aromatic N) is 2. The molecule has 0 aliphatic heterocycles. The predicted octanol–water partition coefficient (Wildman–Crippen LogP) is -0.112. The van der Waals surface area contributed by atoms with Crippen molar-refractivity contribution in [2.45, 2.75) is 0 Å². The highest BCUT2D eigenvalue weighted by Gasteiger charge is 2.11. The van der Waals surface area contributed by atoms with Crippen LogP contribution in [0.25, 0.3) is 0 Å². The van der Waals surface area contributed by atoms with E-state index in [9.17, 15) is 9.59 Å². The monoisotopic (exact) mass is 217 g/mol. The fourth-order valence-corrected chi connectivity index (χ4v) is 0.943. The van der Waals surface area contributed by atoms with Crippen LogP contribution in [-0.4, -0.2) is 33.3 Å². The molecule has 76 valence electrons. The molecule has 0 atom stereocenters. The summed E-state index contributed by atoms with van der Waals surface area (Å²) in [6.45, 7) is -0.437. The number of nitrogens with one attached hydrogen (secondary N) is 1. The number of hydrogen-bond acceptors (Lipinski definition) is 3. The van der Waals surface area contributed by atoms with E-state index >= 15 is 0 Å². The first-order valence-corrected chi connectivity index (χ1v) is 4.08. The molecule has 1 heterocycles. The van der Waals surface area contributed by atoms with E-state index in [-0.39, 0.29) is 5.69 Å². The Hall–Kier alpha value is -1.56. The van der Waals surface area contributed by atoms with Gasteiger partial charge in [-0.2, -0.15) is 5.10 Å². The molecule has 1 aromatic rings. The van der Waals surface area contributed by atoms with E-state index in [4.69, 9.17) is 16.7 Å². The number of aryl methyl sites for hydroxylation is 1. The molecule has 0 aliphatic carbocycles. The summed E-state index contributed by atoms with van der Waals surface area (Å²) in [4.78, 5) is 21.3. The Morgan fingerprint density at radius 2 is 2.36 bits per heavy atom. The quantitative estimate of drug-likeness (QED) is 0.740. The number of amides is 1. The second-order valence-corrected chi connectivity index (χ2v) is 2.94. The van der Waals surface area contributed by atoms with Crippen LogP contribution in [0.1, 0.15) is 10.5 Å². The first kappa shape index (κ1) is 10.5. The van der Waals surface area contributed by atoms with Gasteiger partial charge in [-0.05, 0) is 0 Å². The highest BCUT2D eigenvalue weighted by molar-refractivity contribution is 6.29. The first-order chi connectivity index (χ1) is 6.50. The van der Waals surface area contributed by atoms with Crippen LogP contribution in [0, 0.1) is 0 Å². The van der Waals surface area contributed by atoms with Gasteiger partial charge < -0.3 is 10.4 Å². The number of carbonyl (C=O) groups is 2. The molecule has 6 nitrogen and oxygen atoms in total. The molecule has 0 bridgehead atoms. The lowest BCUT2D eigenvalue weighted by molar-refractivity contribution is -0.135. The third-order valence-corrected chi connectivity index (χ3v) is 1.81. The topological polar surface area (TPSA) is 84.2 Å². The predicted molar refractivity (Wildman–Crippen MR) is 48.2 cm³/mol. The molecule has 0 aliphatic rings. The van der Waals surface area contributed by atoms with Gasteiger partial charge in [-0.1, -0.05) is 11.6 Å². The van der Waals surface area contributed by atoms with E-state index < -0.39 is 18.4 Å². The summed E-state index contributed by atoms with van der Waals surface area (Å²) < 4.78 is 1.32. The van der Waals surface area contributed by atoms with Gasteiger partial charge in [0.1, 0.15) is 11.7 Å². The number of carboxylic acid groups (broad SMARTS) is 1. The van der Waals surface area contributed by atoms with Crippen molar-refractivity contribution in [3.05, 3.63) is 16.9 Å². The first-order valence-electron chi connectivity index (χ1n) is 3.70. The molecule has 1 aromatic heterocycles. The smallest absolute Gasteiger partial charge is 0.322 e. The van der Waals surface area contributed by atoms with Crippen LogP contribution in [0.2, 0.25) is 5.15 Å². The summed E-state index contributed by atoms with van der Waals surface area (Å²) in [6, 6.07) is 1.36. The maximum atomic E-state index is 11.2. The zero-order valence-electron chi connectivity index (χ0n) is 7.32. The third-order valence-electron chi connectivity index (χ3n) is 1.46. The van der Waals surface area contributed by atoms with E-state index in [0.717, 1.165) is 0 Å². The molecule has 1 rings (SSSR count). The molecule has 0 unspecified atom stereocenters. The maximum Gasteiger partial charge on any atom is 0.322 e. The minimum atomic E-state index is -1.11. The van der Waals surface area contributed by atoms with Crippen molar-refractivity contribution < 1.29 is 14.7 Å². The number of carboxylic acids is 1. The van der Waals surface area contributed by atoms with Gasteiger partial charge in [0, 0.05) is 13.1 Å². The van der Waals surface area contributed by atoms with Crippen molar-refractivity contribution in [2.75, 3.05) is 6.54 Å². The largest absolute Gasteiger partial charge is 0.480 e. The molecule has 0 spiro atoms. The molecule has 0 aromatic carbocycles. The zero-order valence-corrected chi connectivity index (χ0v) is 8.08. The molecule has 14 heavy (non-hydrogen) atoms. The molecule has 0 saturated heterocycles. The standard InChI is InChI=1S/C7H8ClN3O3/c1-11-5(8)2-4(10-11)7(14)9-3-6(12)13/h2H,3H2,1H3,(H,9,14)(H,12,13). The minimum Gasteiger partial charge on any atom is -0.480 e. The highest BCUT2D eigenvalue weighted by Crippen LogP contribution is 2.08. The Balaban J connectivity index is 2.65. The lowest BCUT2D eigenvalue weighted by atomic mass is 10.4. The van der Waals surface area contributed by atoms with Gasteiger partial charge in [-0.15, -0.1) is 0 Å². The van der Waals surface area contributed by atoms with Crippen molar-refractivity contribution in [1.82, 2.24) is 15.1 Å². The van der Waals surface area contributed by atoms with Crippen molar-refractivity contribution in [1.29, 1.82) is 0 Å². The number of hydrogen-bond donors (Lipinski definition) is 2. The number of aliphatic carboxylic acids is 1. The molecule has 0 radical (unpaired) electrons. The fraction of sp³-hybridized carbons (Fsp3) is 0.286. The molecular formula is C7H8ClN3O3. The number of halogens is 1. The van der Waals surface area contributed by atoms with Gasteiger partial charge in [0.25, 0.3) is 5.91 Å². The van der Waals surface area contributed by atoms with Gasteiger partial charge in [0.15, 0.2) is 5.69 Å². The van der Waals surface area contributed by atoms with Gasteiger partial charge >= 0.3 is 5.97 Å². The van der Waals surface area contributed by atoms with Crippen LogP contribution < -0.4 is 5.32 Å². The van der Waals surface area contributed by atoms with Crippen LogP contribution in [0.5, 0.6) is 0 Å². The number of carbonyl (C=O) groups excluding carboxylic acids is 1. The SMILES string of the molecule is Cn1nc(C(=O)NCC(=O)O)cc1Cl. The second-order valence-electron chi connectivity index (χ2n) is 2.55. The number of rotatable bonds is 3. The summed E-state index contributed by atoms with van der Waals surface area (Å²) in [5.41, 5.74) is 0.0961. The molecule has 0 saturated carbocycles. The highest BCUT2D eigenvalue weighted by atomic mass is 35.5. The molecular weight excluding hydrogens is 210 g/mol. The summed E-state index contributed by atoms with van der Waals surface area (Å²) >= 11 is 5.64. The van der Waals surface area contributed by atoms with E-state index in [2.05, 4.69) is 10.4 Å². The van der Waals surface area contributed by atoms with Crippen molar-refractivity contribution in [3.8, 4) is 0 Å². The van der Waals surface area contributed by atoms with Crippen LogP contribution in [0.15, 0.2) is 6.07 Å². The van der Waals surface area contributed by atoms with Gasteiger partial charge in [0.2, 0.25) is 0 Å². The van der Waals surface area contributed by atoms with Crippen molar-refractivity contribution >= 4 is 23.5 Å². The van der Waals surface area contributed by atoms with E-state index in [1.807, 2.05) is 0 Å². The molecule has 0 fully saturated rings. The van der Waals surface area contributed by atoms with Crippen LogP contribution in [0.3, 0.4) is 0 Å². The summed E-state index contributed by atoms with van der Waals surface area (Å²) in [5.74, 6) is -1.67. The van der Waals surface area contributed by atoms with Gasteiger partial charge in [-0.25, -0.2) is 0 Å². The summed E-state index contributed by atoms with van der Waals surface area (Å²) in [5, 5.41) is 14.5. The van der Waals surface area contributed by atoms with Gasteiger partial charge in [0.05, 0.1) is 0 Å². The lowest BCUT2D eigenvalue weighted by Gasteiger charge is -1.97. The Kier molecular flexibility index (Phi) is 3.08. The van der Waals surface area contributed by atoms with Crippen LogP contribution in [0.4, 0.5) is 0 Å². The normalized spacial score (nSPS) is 9.86. The van der Waals surface area contributed by atoms with E-state index in [1.54, 1.807) is 7.05 Å².